The van der Waals surface area contributed by atoms with Crippen molar-refractivity contribution in [1.29, 1.82) is 0 Å². The molecular weight excluding hydrogens is 242 g/mol. The first-order valence-electron chi connectivity index (χ1n) is 6.23. The fraction of sp³-hybridized carbons (Fsp3) is 0.267. The summed E-state index contributed by atoms with van der Waals surface area (Å²) in [6.07, 6.45) is 3.25. The number of aldehydes is 1. The molecule has 18 heavy (non-hydrogen) atoms. The van der Waals surface area contributed by atoms with Crippen molar-refractivity contribution in [3.8, 4) is 0 Å². The van der Waals surface area contributed by atoms with E-state index in [9.17, 15) is 4.79 Å². The number of aryl methyl sites for hydroxylation is 1. The van der Waals surface area contributed by atoms with Crippen molar-refractivity contribution >= 4 is 22.6 Å². The number of nitrogens with zero attached hydrogens (tertiary/aromatic N) is 1. The molecule has 1 aromatic carbocycles. The molecule has 3 rings (SSSR count). The number of anilines is 1. The Hall–Kier alpha value is -1.61. The van der Waals surface area contributed by atoms with Crippen LogP contribution >= 0.6 is 11.3 Å². The molecule has 1 aliphatic rings. The predicted molar refractivity (Wildman–Crippen MR) is 75.5 cm³/mol. The zero-order valence-electron chi connectivity index (χ0n) is 10.1. The highest BCUT2D eigenvalue weighted by atomic mass is 32.1. The van der Waals surface area contributed by atoms with Gasteiger partial charge in [-0.2, -0.15) is 0 Å². The number of benzene rings is 1. The topological polar surface area (TPSA) is 20.3 Å². The lowest BCUT2D eigenvalue weighted by Gasteiger charge is -2.20. The van der Waals surface area contributed by atoms with Crippen molar-refractivity contribution in [3.05, 3.63) is 52.4 Å². The summed E-state index contributed by atoms with van der Waals surface area (Å²) in [7, 11) is 0. The normalized spacial score (nSPS) is 15.0. The lowest BCUT2D eigenvalue weighted by Crippen LogP contribution is -2.21. The molecule has 2 aromatic rings. The van der Waals surface area contributed by atoms with Gasteiger partial charge in [-0.15, -0.1) is 11.3 Å². The van der Waals surface area contributed by atoms with E-state index in [0.29, 0.717) is 0 Å². The monoisotopic (exact) mass is 257 g/mol. The third kappa shape index (κ3) is 2.18. The van der Waals surface area contributed by atoms with Gasteiger partial charge in [-0.3, -0.25) is 4.79 Å². The molecule has 1 aliphatic heterocycles. The number of thiophene rings is 1. The van der Waals surface area contributed by atoms with Gasteiger partial charge in [0.05, 0.1) is 9.88 Å². The quantitative estimate of drug-likeness (QED) is 0.767. The summed E-state index contributed by atoms with van der Waals surface area (Å²) in [5, 5.41) is 1.20. The Kier molecular flexibility index (Phi) is 3.15. The van der Waals surface area contributed by atoms with Gasteiger partial charge in [0.25, 0.3) is 0 Å². The summed E-state index contributed by atoms with van der Waals surface area (Å²) in [5.74, 6) is 0. The minimum atomic E-state index is 0.808. The van der Waals surface area contributed by atoms with Crippen molar-refractivity contribution < 1.29 is 4.79 Å². The van der Waals surface area contributed by atoms with Gasteiger partial charge in [-0.1, -0.05) is 24.3 Å². The molecule has 0 bridgehead atoms. The van der Waals surface area contributed by atoms with Crippen LogP contribution in [0.2, 0.25) is 0 Å². The van der Waals surface area contributed by atoms with Crippen LogP contribution in [-0.4, -0.2) is 12.8 Å². The van der Waals surface area contributed by atoms with Crippen LogP contribution in [0, 0.1) is 0 Å². The smallest absolute Gasteiger partial charge is 0.160 e. The zero-order chi connectivity index (χ0) is 12.4. The van der Waals surface area contributed by atoms with E-state index in [0.717, 1.165) is 30.7 Å². The molecule has 0 saturated carbocycles. The second-order valence-electron chi connectivity index (χ2n) is 4.59. The Balaban J connectivity index is 1.88. The van der Waals surface area contributed by atoms with Crippen LogP contribution < -0.4 is 4.90 Å². The van der Waals surface area contributed by atoms with Crippen molar-refractivity contribution in [2.75, 3.05) is 11.4 Å². The highest BCUT2D eigenvalue weighted by Crippen LogP contribution is 2.29. The number of fused-ring (bicyclic) bond motifs is 1. The lowest BCUT2D eigenvalue weighted by molar-refractivity contribution is 0.112. The summed E-state index contributed by atoms with van der Waals surface area (Å²) >= 11 is 1.58. The number of hydrogen-bond acceptors (Lipinski definition) is 3. The van der Waals surface area contributed by atoms with Crippen molar-refractivity contribution in [2.24, 2.45) is 0 Å². The second kappa shape index (κ2) is 4.94. The third-order valence-corrected chi connectivity index (χ3v) is 4.47. The Labute approximate surface area is 111 Å². The van der Waals surface area contributed by atoms with Crippen LogP contribution in [0.1, 0.15) is 27.2 Å². The SMILES string of the molecule is O=Cc1ccc(N2CCCc3ccccc3C2)s1. The second-order valence-corrected chi connectivity index (χ2v) is 5.68. The maximum Gasteiger partial charge on any atom is 0.160 e. The molecule has 3 heteroatoms. The third-order valence-electron chi connectivity index (χ3n) is 3.39. The molecule has 2 nitrogen and oxygen atoms in total. The first-order valence-corrected chi connectivity index (χ1v) is 7.05. The molecule has 1 aromatic heterocycles. The van der Waals surface area contributed by atoms with Crippen LogP contribution in [0.25, 0.3) is 0 Å². The first kappa shape index (κ1) is 11.5. The van der Waals surface area contributed by atoms with Crippen LogP contribution in [0.4, 0.5) is 5.00 Å². The zero-order valence-corrected chi connectivity index (χ0v) is 11.0. The largest absolute Gasteiger partial charge is 0.359 e. The maximum absolute atomic E-state index is 10.8. The van der Waals surface area contributed by atoms with Crippen molar-refractivity contribution in [2.45, 2.75) is 19.4 Å². The number of carbonyl (C=O) groups excluding carboxylic acids is 1. The first-order chi connectivity index (χ1) is 8.86. The van der Waals surface area contributed by atoms with Gasteiger partial charge in [0.1, 0.15) is 0 Å². The summed E-state index contributed by atoms with van der Waals surface area (Å²) in [6.45, 7) is 2.02. The Morgan fingerprint density at radius 1 is 1.11 bits per heavy atom. The van der Waals surface area contributed by atoms with E-state index in [1.165, 1.54) is 22.5 Å². The van der Waals surface area contributed by atoms with Gasteiger partial charge in [0.2, 0.25) is 0 Å². The molecule has 0 saturated heterocycles. The standard InChI is InChI=1S/C15H15NOS/c17-11-14-7-8-15(18-14)16-9-3-6-12-4-1-2-5-13(12)10-16/h1-2,4-5,7-8,11H,3,6,9-10H2. The summed E-state index contributed by atoms with van der Waals surface area (Å²) in [6, 6.07) is 12.6. The maximum atomic E-state index is 10.8. The molecule has 92 valence electrons. The fourth-order valence-corrected chi connectivity index (χ4v) is 3.31. The highest BCUT2D eigenvalue weighted by molar-refractivity contribution is 7.17. The van der Waals surface area contributed by atoms with E-state index >= 15 is 0 Å². The van der Waals surface area contributed by atoms with Gasteiger partial charge < -0.3 is 4.90 Å². The number of rotatable bonds is 2. The molecule has 0 aliphatic carbocycles. The highest BCUT2D eigenvalue weighted by Gasteiger charge is 2.15. The molecule has 0 radical (unpaired) electrons. The molecule has 0 unspecified atom stereocenters. The van der Waals surface area contributed by atoms with Gasteiger partial charge in [0.15, 0.2) is 6.29 Å². The molecule has 2 heterocycles. The molecule has 0 N–H and O–H groups in total. The molecule has 0 atom stereocenters. The van der Waals surface area contributed by atoms with Crippen LogP contribution in [-0.2, 0) is 13.0 Å². The average molecular weight is 257 g/mol. The van der Waals surface area contributed by atoms with Crippen LogP contribution in [0.5, 0.6) is 0 Å². The van der Waals surface area contributed by atoms with E-state index in [1.54, 1.807) is 11.3 Å². The predicted octanol–water partition coefficient (Wildman–Crippen LogP) is 3.51. The van der Waals surface area contributed by atoms with Gasteiger partial charge >= 0.3 is 0 Å². The molecule has 0 fully saturated rings. The minimum Gasteiger partial charge on any atom is -0.359 e. The average Bonchev–Trinajstić information content (AvgIpc) is 2.78. The van der Waals surface area contributed by atoms with E-state index < -0.39 is 0 Å². The summed E-state index contributed by atoms with van der Waals surface area (Å²) in [5.41, 5.74) is 2.88. The molecule has 0 spiro atoms. The Morgan fingerprint density at radius 2 is 1.94 bits per heavy atom. The van der Waals surface area contributed by atoms with Crippen LogP contribution in [0.15, 0.2) is 36.4 Å². The Bertz CT molecular complexity index is 561. The summed E-state index contributed by atoms with van der Waals surface area (Å²) in [4.78, 5) is 13.9. The lowest BCUT2D eigenvalue weighted by atomic mass is 10.0. The molecular formula is C15H15NOS. The minimum absolute atomic E-state index is 0.808. The van der Waals surface area contributed by atoms with E-state index in [1.807, 2.05) is 6.07 Å². The summed E-state index contributed by atoms with van der Waals surface area (Å²) < 4.78 is 0. The van der Waals surface area contributed by atoms with Crippen LogP contribution in [0.3, 0.4) is 0 Å². The molecule has 0 amide bonds. The van der Waals surface area contributed by atoms with Gasteiger partial charge in [-0.05, 0) is 36.1 Å². The fourth-order valence-electron chi connectivity index (χ4n) is 2.46. The van der Waals surface area contributed by atoms with Gasteiger partial charge in [0, 0.05) is 13.1 Å². The van der Waals surface area contributed by atoms with E-state index in [4.69, 9.17) is 0 Å². The van der Waals surface area contributed by atoms with E-state index in [2.05, 4.69) is 35.2 Å². The van der Waals surface area contributed by atoms with Crippen molar-refractivity contribution in [3.63, 3.8) is 0 Å². The van der Waals surface area contributed by atoms with Crippen molar-refractivity contribution in [1.82, 2.24) is 0 Å². The van der Waals surface area contributed by atoms with E-state index in [-0.39, 0.29) is 0 Å². The Morgan fingerprint density at radius 3 is 2.72 bits per heavy atom. The number of carbonyl (C=O) groups is 1. The number of hydrogen-bond donors (Lipinski definition) is 0. The van der Waals surface area contributed by atoms with Gasteiger partial charge in [-0.25, -0.2) is 0 Å².